The van der Waals surface area contributed by atoms with E-state index in [2.05, 4.69) is 6.58 Å². The maximum atomic E-state index is 11.7. The van der Waals surface area contributed by atoms with Gasteiger partial charge in [0, 0.05) is 11.5 Å². The molecular weight excluding hydrogens is 204 g/mol. The van der Waals surface area contributed by atoms with E-state index in [0.717, 1.165) is 37.2 Å². The van der Waals surface area contributed by atoms with E-state index in [1.807, 2.05) is 6.92 Å². The zero-order valence-electron chi connectivity index (χ0n) is 9.91. The Kier molecular flexibility index (Phi) is 3.15. The quantitative estimate of drug-likeness (QED) is 0.503. The fraction of sp³-hybridized carbons (Fsp3) is 0.615. The normalized spacial score (nSPS) is 30.0. The predicted molar refractivity (Wildman–Crippen MR) is 60.9 cm³/mol. The van der Waals surface area contributed by atoms with Crippen LogP contribution in [0.4, 0.5) is 0 Å². The van der Waals surface area contributed by atoms with Gasteiger partial charge in [-0.1, -0.05) is 17.7 Å². The van der Waals surface area contributed by atoms with Gasteiger partial charge in [-0.2, -0.15) is 0 Å². The van der Waals surface area contributed by atoms with Crippen LogP contribution in [0.2, 0.25) is 0 Å². The molecule has 1 heterocycles. The average Bonchev–Trinajstić information content (AvgIpc) is 2.68. The summed E-state index contributed by atoms with van der Waals surface area (Å²) in [6.07, 6.45) is 1.57. The first kappa shape index (κ1) is 11.4. The summed E-state index contributed by atoms with van der Waals surface area (Å²) in [5.41, 5.74) is 3.12. The summed E-state index contributed by atoms with van der Waals surface area (Å²) < 4.78 is 10.3. The van der Waals surface area contributed by atoms with Crippen molar-refractivity contribution in [2.75, 3.05) is 20.3 Å². The van der Waals surface area contributed by atoms with Crippen LogP contribution in [0.3, 0.4) is 0 Å². The molecular formula is C13H18O3. The smallest absolute Gasteiger partial charge is 0.333 e. The lowest BCUT2D eigenvalue weighted by molar-refractivity contribution is -0.136. The van der Waals surface area contributed by atoms with Gasteiger partial charge in [0.15, 0.2) is 0 Å². The molecule has 2 atom stereocenters. The summed E-state index contributed by atoms with van der Waals surface area (Å²) in [5, 5.41) is 0. The minimum Gasteiger partial charge on any atom is -0.466 e. The van der Waals surface area contributed by atoms with Crippen LogP contribution in [0.25, 0.3) is 0 Å². The molecule has 2 aliphatic rings. The van der Waals surface area contributed by atoms with Crippen LogP contribution >= 0.6 is 0 Å². The Morgan fingerprint density at radius 3 is 2.94 bits per heavy atom. The highest BCUT2D eigenvalue weighted by atomic mass is 16.5. The zero-order valence-corrected chi connectivity index (χ0v) is 9.91. The van der Waals surface area contributed by atoms with Gasteiger partial charge in [0.25, 0.3) is 0 Å². The summed E-state index contributed by atoms with van der Waals surface area (Å²) in [6.45, 7) is 7.61. The highest BCUT2D eigenvalue weighted by Crippen LogP contribution is 2.39. The van der Waals surface area contributed by atoms with E-state index in [4.69, 9.17) is 9.47 Å². The third-order valence-corrected chi connectivity index (χ3v) is 3.63. The summed E-state index contributed by atoms with van der Waals surface area (Å²) in [6, 6.07) is 0. The summed E-state index contributed by atoms with van der Waals surface area (Å²) in [4.78, 5) is 11.7. The van der Waals surface area contributed by atoms with Crippen molar-refractivity contribution in [1.29, 1.82) is 0 Å². The predicted octanol–water partition coefficient (Wildman–Crippen LogP) is 2.09. The molecule has 2 unspecified atom stereocenters. The van der Waals surface area contributed by atoms with Gasteiger partial charge in [-0.15, -0.1) is 0 Å². The summed E-state index contributed by atoms with van der Waals surface area (Å²) in [5.74, 6) is 0.619. The minimum absolute atomic E-state index is 0.196. The number of rotatable bonds is 1. The Labute approximate surface area is 96.1 Å². The average molecular weight is 222 g/mol. The van der Waals surface area contributed by atoms with Crippen LogP contribution in [0.15, 0.2) is 23.3 Å². The molecule has 2 rings (SSSR count). The standard InChI is InChI=1S/C13H18O3/c1-8-4-9(2)12-7-16-6-10(12)5-11(8)13(14)15-3/h10,12H,2,4-7H2,1,3H3. The Hall–Kier alpha value is -1.09. The van der Waals surface area contributed by atoms with Crippen molar-refractivity contribution >= 4 is 5.97 Å². The Bertz CT molecular complexity index is 354. The molecule has 0 saturated carbocycles. The number of ether oxygens (including phenoxy) is 2. The molecule has 16 heavy (non-hydrogen) atoms. The van der Waals surface area contributed by atoms with Gasteiger partial charge in [-0.25, -0.2) is 4.79 Å². The van der Waals surface area contributed by atoms with Gasteiger partial charge in [0.2, 0.25) is 0 Å². The molecule has 0 radical (unpaired) electrons. The molecule has 1 fully saturated rings. The van der Waals surface area contributed by atoms with Gasteiger partial charge >= 0.3 is 5.97 Å². The number of hydrogen-bond acceptors (Lipinski definition) is 3. The fourth-order valence-corrected chi connectivity index (χ4v) is 2.65. The van der Waals surface area contributed by atoms with E-state index in [1.54, 1.807) is 0 Å². The van der Waals surface area contributed by atoms with Crippen molar-refractivity contribution in [2.24, 2.45) is 11.8 Å². The highest BCUT2D eigenvalue weighted by molar-refractivity contribution is 5.89. The van der Waals surface area contributed by atoms with Crippen molar-refractivity contribution in [3.8, 4) is 0 Å². The van der Waals surface area contributed by atoms with Crippen LogP contribution in [-0.4, -0.2) is 26.3 Å². The van der Waals surface area contributed by atoms with E-state index in [-0.39, 0.29) is 5.97 Å². The number of fused-ring (bicyclic) bond motifs is 1. The van der Waals surface area contributed by atoms with Crippen molar-refractivity contribution in [3.05, 3.63) is 23.3 Å². The molecule has 88 valence electrons. The van der Waals surface area contributed by atoms with Gasteiger partial charge in [-0.05, 0) is 25.7 Å². The molecule has 1 aliphatic carbocycles. The van der Waals surface area contributed by atoms with E-state index in [1.165, 1.54) is 12.7 Å². The lowest BCUT2D eigenvalue weighted by Crippen LogP contribution is -2.15. The number of hydrogen-bond donors (Lipinski definition) is 0. The minimum atomic E-state index is -0.196. The molecule has 0 aromatic carbocycles. The maximum absolute atomic E-state index is 11.7. The van der Waals surface area contributed by atoms with E-state index in [9.17, 15) is 4.79 Å². The molecule has 0 N–H and O–H groups in total. The molecule has 1 saturated heterocycles. The summed E-state index contributed by atoms with van der Waals surface area (Å²) >= 11 is 0. The van der Waals surface area contributed by atoms with Crippen LogP contribution in [-0.2, 0) is 14.3 Å². The van der Waals surface area contributed by atoms with Crippen molar-refractivity contribution in [3.63, 3.8) is 0 Å². The molecule has 0 bridgehead atoms. The van der Waals surface area contributed by atoms with Crippen LogP contribution < -0.4 is 0 Å². The van der Waals surface area contributed by atoms with Gasteiger partial charge in [0.1, 0.15) is 0 Å². The number of carbonyl (C=O) groups is 1. The monoisotopic (exact) mass is 222 g/mol. The Morgan fingerprint density at radius 2 is 2.25 bits per heavy atom. The molecule has 0 aromatic rings. The van der Waals surface area contributed by atoms with E-state index in [0.29, 0.717) is 11.8 Å². The van der Waals surface area contributed by atoms with Crippen LogP contribution in [0, 0.1) is 11.8 Å². The van der Waals surface area contributed by atoms with Gasteiger partial charge in [0.05, 0.1) is 20.3 Å². The molecule has 1 aliphatic heterocycles. The number of allylic oxidation sites excluding steroid dienone is 1. The lowest BCUT2D eigenvalue weighted by Gasteiger charge is -2.15. The Morgan fingerprint density at radius 1 is 1.50 bits per heavy atom. The zero-order chi connectivity index (χ0) is 11.7. The van der Waals surface area contributed by atoms with Crippen LogP contribution in [0.1, 0.15) is 19.8 Å². The third kappa shape index (κ3) is 1.92. The van der Waals surface area contributed by atoms with Crippen molar-refractivity contribution < 1.29 is 14.3 Å². The first-order valence-corrected chi connectivity index (χ1v) is 5.65. The molecule has 3 heteroatoms. The second kappa shape index (κ2) is 4.42. The van der Waals surface area contributed by atoms with Crippen molar-refractivity contribution in [2.45, 2.75) is 19.8 Å². The third-order valence-electron chi connectivity index (χ3n) is 3.63. The largest absolute Gasteiger partial charge is 0.466 e. The topological polar surface area (TPSA) is 35.5 Å². The van der Waals surface area contributed by atoms with Crippen molar-refractivity contribution in [1.82, 2.24) is 0 Å². The van der Waals surface area contributed by atoms with E-state index >= 15 is 0 Å². The second-order valence-corrected chi connectivity index (χ2v) is 4.69. The SMILES string of the molecule is C=C1CC(C)=C(C(=O)OC)CC2COCC12. The molecule has 0 aromatic heterocycles. The Balaban J connectivity index is 2.27. The summed E-state index contributed by atoms with van der Waals surface area (Å²) in [7, 11) is 1.44. The maximum Gasteiger partial charge on any atom is 0.333 e. The first-order chi connectivity index (χ1) is 7.63. The fourth-order valence-electron chi connectivity index (χ4n) is 2.65. The molecule has 3 nitrogen and oxygen atoms in total. The van der Waals surface area contributed by atoms with Gasteiger partial charge < -0.3 is 9.47 Å². The van der Waals surface area contributed by atoms with Crippen LogP contribution in [0.5, 0.6) is 0 Å². The molecule has 0 spiro atoms. The first-order valence-electron chi connectivity index (χ1n) is 5.65. The number of methoxy groups -OCH3 is 1. The highest BCUT2D eigenvalue weighted by Gasteiger charge is 2.35. The number of carbonyl (C=O) groups excluding carboxylic acids is 1. The molecule has 0 amide bonds. The lowest BCUT2D eigenvalue weighted by atomic mass is 9.87. The van der Waals surface area contributed by atoms with E-state index < -0.39 is 0 Å². The number of esters is 1. The van der Waals surface area contributed by atoms with Gasteiger partial charge in [-0.3, -0.25) is 0 Å². The second-order valence-electron chi connectivity index (χ2n) is 4.69.